The predicted octanol–water partition coefficient (Wildman–Crippen LogP) is 4.41. The Hall–Kier alpha value is -3.86. The van der Waals surface area contributed by atoms with Gasteiger partial charge in [-0.3, -0.25) is 9.59 Å². The number of aryl methyl sites for hydroxylation is 1. The molecule has 0 aromatic heterocycles. The minimum atomic E-state index is -0.422. The second-order valence-corrected chi connectivity index (χ2v) is 6.39. The van der Waals surface area contributed by atoms with Crippen molar-refractivity contribution < 1.29 is 14.3 Å². The first-order chi connectivity index (χ1) is 14.1. The fourth-order valence-electron chi connectivity index (χ4n) is 2.79. The molecule has 0 fully saturated rings. The lowest BCUT2D eigenvalue weighted by Crippen LogP contribution is -2.30. The van der Waals surface area contributed by atoms with E-state index in [-0.39, 0.29) is 11.6 Å². The summed E-state index contributed by atoms with van der Waals surface area (Å²) >= 11 is 0. The number of hydrogen-bond acceptors (Lipinski definition) is 3. The normalized spacial score (nSPS) is 10.9. The fourth-order valence-corrected chi connectivity index (χ4v) is 2.79. The Labute approximate surface area is 170 Å². The van der Waals surface area contributed by atoms with Gasteiger partial charge in [-0.15, -0.1) is 0 Å². The van der Waals surface area contributed by atoms with Gasteiger partial charge in [-0.25, -0.2) is 0 Å². The lowest BCUT2D eigenvalue weighted by atomic mass is 10.1. The molecule has 0 radical (unpaired) electrons. The first kappa shape index (κ1) is 19.9. The van der Waals surface area contributed by atoms with Gasteiger partial charge in [0.05, 0.1) is 7.11 Å². The molecule has 5 nitrogen and oxygen atoms in total. The number of carbonyl (C=O) groups is 2. The van der Waals surface area contributed by atoms with Gasteiger partial charge in [0, 0.05) is 16.8 Å². The molecule has 29 heavy (non-hydrogen) atoms. The summed E-state index contributed by atoms with van der Waals surface area (Å²) < 4.78 is 5.36. The highest BCUT2D eigenvalue weighted by molar-refractivity contribution is 6.11. The third kappa shape index (κ3) is 5.11. The van der Waals surface area contributed by atoms with Crippen LogP contribution >= 0.6 is 0 Å². The largest absolute Gasteiger partial charge is 0.496 e. The lowest BCUT2D eigenvalue weighted by molar-refractivity contribution is -0.113. The van der Waals surface area contributed by atoms with Crippen LogP contribution in [0.15, 0.2) is 84.6 Å². The number of anilines is 1. The molecular formula is C24H22N2O3. The quantitative estimate of drug-likeness (QED) is 0.617. The van der Waals surface area contributed by atoms with Gasteiger partial charge in [0.25, 0.3) is 11.8 Å². The van der Waals surface area contributed by atoms with Gasteiger partial charge in [0.15, 0.2) is 0 Å². The fraction of sp³-hybridized carbons (Fsp3) is 0.0833. The molecule has 146 valence electrons. The number of benzene rings is 3. The first-order valence-electron chi connectivity index (χ1n) is 9.16. The van der Waals surface area contributed by atoms with Crippen LogP contribution in [0.1, 0.15) is 21.5 Å². The Bertz CT molecular complexity index is 1040. The topological polar surface area (TPSA) is 67.4 Å². The Kier molecular flexibility index (Phi) is 6.43. The van der Waals surface area contributed by atoms with E-state index in [1.807, 2.05) is 55.5 Å². The van der Waals surface area contributed by atoms with Crippen LogP contribution in [0, 0.1) is 6.92 Å². The Morgan fingerprint density at radius 3 is 2.24 bits per heavy atom. The molecule has 5 heteroatoms. The maximum absolute atomic E-state index is 13.0. The molecule has 0 atom stereocenters. The minimum Gasteiger partial charge on any atom is -0.496 e. The SMILES string of the molecule is COc1ccccc1/C=C(/NC(=O)c1ccccc1)C(=O)Nc1ccccc1C. The van der Waals surface area contributed by atoms with Crippen LogP contribution in [0.2, 0.25) is 0 Å². The highest BCUT2D eigenvalue weighted by Crippen LogP contribution is 2.21. The van der Waals surface area contributed by atoms with Gasteiger partial charge in [0.2, 0.25) is 0 Å². The van der Waals surface area contributed by atoms with Gasteiger partial charge >= 0.3 is 0 Å². The number of nitrogens with one attached hydrogen (secondary N) is 2. The molecule has 3 aromatic rings. The van der Waals surface area contributed by atoms with Crippen LogP contribution in [0.25, 0.3) is 6.08 Å². The van der Waals surface area contributed by atoms with Gasteiger partial charge in [-0.05, 0) is 42.8 Å². The number of para-hydroxylation sites is 2. The first-order valence-corrected chi connectivity index (χ1v) is 9.16. The van der Waals surface area contributed by atoms with E-state index in [1.165, 1.54) is 0 Å². The van der Waals surface area contributed by atoms with Crippen molar-refractivity contribution in [2.75, 3.05) is 12.4 Å². The number of amides is 2. The Morgan fingerprint density at radius 2 is 1.52 bits per heavy atom. The molecule has 3 rings (SSSR count). The van der Waals surface area contributed by atoms with E-state index in [0.717, 1.165) is 5.56 Å². The molecule has 0 saturated carbocycles. The smallest absolute Gasteiger partial charge is 0.272 e. The van der Waals surface area contributed by atoms with Crippen LogP contribution in [-0.4, -0.2) is 18.9 Å². The summed E-state index contributed by atoms with van der Waals surface area (Å²) in [6.07, 6.45) is 1.60. The predicted molar refractivity (Wildman–Crippen MR) is 115 cm³/mol. The molecule has 0 aliphatic rings. The summed E-state index contributed by atoms with van der Waals surface area (Å²) in [5.41, 5.74) is 2.86. The van der Waals surface area contributed by atoms with Crippen LogP contribution in [0.3, 0.4) is 0 Å². The monoisotopic (exact) mass is 386 g/mol. The van der Waals surface area contributed by atoms with Crippen molar-refractivity contribution in [3.05, 3.63) is 101 Å². The van der Waals surface area contributed by atoms with Crippen molar-refractivity contribution in [2.24, 2.45) is 0 Å². The zero-order chi connectivity index (χ0) is 20.6. The summed E-state index contributed by atoms with van der Waals surface area (Å²) in [5.74, 6) is -0.191. The van der Waals surface area contributed by atoms with Crippen molar-refractivity contribution in [1.82, 2.24) is 5.32 Å². The molecule has 0 saturated heterocycles. The molecule has 0 unspecified atom stereocenters. The van der Waals surface area contributed by atoms with E-state index >= 15 is 0 Å². The number of carbonyl (C=O) groups excluding carboxylic acids is 2. The van der Waals surface area contributed by atoms with Crippen molar-refractivity contribution in [3.8, 4) is 5.75 Å². The highest BCUT2D eigenvalue weighted by atomic mass is 16.5. The van der Waals surface area contributed by atoms with Crippen LogP contribution in [-0.2, 0) is 4.79 Å². The molecule has 2 N–H and O–H groups in total. The second kappa shape index (κ2) is 9.37. The van der Waals surface area contributed by atoms with Crippen LogP contribution in [0.4, 0.5) is 5.69 Å². The third-order valence-corrected chi connectivity index (χ3v) is 4.36. The summed E-state index contributed by atoms with van der Waals surface area (Å²) in [7, 11) is 1.56. The van der Waals surface area contributed by atoms with Gasteiger partial charge in [0.1, 0.15) is 11.4 Å². The van der Waals surface area contributed by atoms with E-state index in [4.69, 9.17) is 4.74 Å². The summed E-state index contributed by atoms with van der Waals surface area (Å²) in [5, 5.41) is 5.59. The van der Waals surface area contributed by atoms with Gasteiger partial charge in [-0.2, -0.15) is 0 Å². The third-order valence-electron chi connectivity index (χ3n) is 4.36. The standard InChI is InChI=1S/C24H22N2O3/c1-17-10-6-8-14-20(17)25-24(28)21(16-19-13-7-9-15-22(19)29-2)26-23(27)18-11-4-3-5-12-18/h3-16H,1-2H3,(H,25,28)(H,26,27)/b21-16+. The van der Waals surface area contributed by atoms with Crippen LogP contribution in [0.5, 0.6) is 5.75 Å². The molecule has 3 aromatic carbocycles. The summed E-state index contributed by atoms with van der Waals surface area (Å²) in [6.45, 7) is 1.90. The van der Waals surface area contributed by atoms with Crippen molar-refractivity contribution in [3.63, 3.8) is 0 Å². The summed E-state index contributed by atoms with van der Waals surface area (Å²) in [4.78, 5) is 25.7. The highest BCUT2D eigenvalue weighted by Gasteiger charge is 2.16. The molecule has 0 aliphatic heterocycles. The zero-order valence-corrected chi connectivity index (χ0v) is 16.3. The summed E-state index contributed by atoms with van der Waals surface area (Å²) in [6, 6.07) is 23.5. The number of methoxy groups -OCH3 is 1. The van der Waals surface area contributed by atoms with Crippen molar-refractivity contribution >= 4 is 23.6 Å². The Morgan fingerprint density at radius 1 is 0.862 bits per heavy atom. The van der Waals surface area contributed by atoms with E-state index in [2.05, 4.69) is 10.6 Å². The molecule has 0 spiro atoms. The average Bonchev–Trinajstić information content (AvgIpc) is 2.75. The van der Waals surface area contributed by atoms with Crippen molar-refractivity contribution in [2.45, 2.75) is 6.92 Å². The van der Waals surface area contributed by atoms with Gasteiger partial charge < -0.3 is 15.4 Å². The minimum absolute atomic E-state index is 0.117. The van der Waals surface area contributed by atoms with Crippen molar-refractivity contribution in [1.29, 1.82) is 0 Å². The Balaban J connectivity index is 1.94. The van der Waals surface area contributed by atoms with E-state index in [1.54, 1.807) is 43.5 Å². The van der Waals surface area contributed by atoms with E-state index in [0.29, 0.717) is 22.6 Å². The average molecular weight is 386 g/mol. The van der Waals surface area contributed by atoms with E-state index in [9.17, 15) is 9.59 Å². The lowest BCUT2D eigenvalue weighted by Gasteiger charge is -2.13. The molecular weight excluding hydrogens is 364 g/mol. The zero-order valence-electron chi connectivity index (χ0n) is 16.3. The maximum Gasteiger partial charge on any atom is 0.272 e. The molecule has 0 heterocycles. The van der Waals surface area contributed by atoms with Crippen LogP contribution < -0.4 is 15.4 Å². The number of rotatable bonds is 6. The molecule has 0 bridgehead atoms. The number of hydrogen-bond donors (Lipinski definition) is 2. The second-order valence-electron chi connectivity index (χ2n) is 6.39. The molecule has 0 aliphatic carbocycles. The number of ether oxygens (including phenoxy) is 1. The van der Waals surface area contributed by atoms with Gasteiger partial charge in [-0.1, -0.05) is 54.6 Å². The molecule has 2 amide bonds. The maximum atomic E-state index is 13.0. The van der Waals surface area contributed by atoms with E-state index < -0.39 is 5.91 Å².